The lowest BCUT2D eigenvalue weighted by Crippen LogP contribution is -2.58. The summed E-state index contributed by atoms with van der Waals surface area (Å²) in [6.45, 7) is 6.59. The molecule has 1 saturated carbocycles. The van der Waals surface area contributed by atoms with E-state index >= 15 is 0 Å². The third-order valence-electron chi connectivity index (χ3n) is 7.85. The normalized spacial score (nSPS) is 35.3. The summed E-state index contributed by atoms with van der Waals surface area (Å²) < 4.78 is 0. The van der Waals surface area contributed by atoms with Crippen molar-refractivity contribution in [2.24, 2.45) is 0 Å². The molecule has 0 aromatic rings. The van der Waals surface area contributed by atoms with Crippen molar-refractivity contribution < 1.29 is 19.2 Å². The molecule has 7 atom stereocenters. The average molecular weight is 479 g/mol. The zero-order valence-electron chi connectivity index (χ0n) is 20.8. The molecule has 3 heterocycles. The van der Waals surface area contributed by atoms with Gasteiger partial charge >= 0.3 is 0 Å². The Morgan fingerprint density at radius 3 is 2.29 bits per heavy atom. The molecule has 1 aliphatic carbocycles. The van der Waals surface area contributed by atoms with Crippen molar-refractivity contribution in [2.75, 3.05) is 6.54 Å². The van der Waals surface area contributed by atoms with Gasteiger partial charge in [-0.05, 0) is 52.9 Å². The van der Waals surface area contributed by atoms with E-state index in [1.54, 1.807) is 0 Å². The number of fused-ring (bicyclic) bond motifs is 1. The molecule has 0 radical (unpaired) electrons. The van der Waals surface area contributed by atoms with Crippen molar-refractivity contribution in [1.82, 2.24) is 31.6 Å². The average Bonchev–Trinajstić information content (AvgIpc) is 3.45. The predicted octanol–water partition coefficient (Wildman–Crippen LogP) is 0.279. The molecule has 4 unspecified atom stereocenters. The largest absolute Gasteiger partial charge is 0.349 e. The fourth-order valence-electron chi connectivity index (χ4n) is 5.77. The van der Waals surface area contributed by atoms with Crippen LogP contribution in [0, 0.1) is 0 Å². The highest BCUT2D eigenvalue weighted by Crippen LogP contribution is 2.23. The Bertz CT molecular complexity index is 737. The highest BCUT2D eigenvalue weighted by Gasteiger charge is 2.39. The molecule has 4 aliphatic rings. The molecule has 10 heteroatoms. The summed E-state index contributed by atoms with van der Waals surface area (Å²) in [5.74, 6) is -0.739. The van der Waals surface area contributed by atoms with E-state index in [0.29, 0.717) is 25.0 Å². The van der Waals surface area contributed by atoms with E-state index in [-0.39, 0.29) is 48.5 Å². The van der Waals surface area contributed by atoms with Gasteiger partial charge in [-0.25, -0.2) is 0 Å². The molecule has 0 spiro atoms. The minimum Gasteiger partial charge on any atom is -0.349 e. The van der Waals surface area contributed by atoms with E-state index in [4.69, 9.17) is 4.84 Å². The van der Waals surface area contributed by atoms with E-state index in [9.17, 15) is 14.4 Å². The molecule has 3 aliphatic heterocycles. The van der Waals surface area contributed by atoms with Crippen LogP contribution in [0.15, 0.2) is 0 Å². The summed E-state index contributed by atoms with van der Waals surface area (Å²) in [6, 6.07) is -0.626. The van der Waals surface area contributed by atoms with Crippen LogP contribution in [0.1, 0.15) is 78.6 Å². The fraction of sp³-hybridized carbons (Fsp3) is 0.875. The molecule has 4 fully saturated rings. The van der Waals surface area contributed by atoms with Gasteiger partial charge in [-0.3, -0.25) is 29.9 Å². The molecular formula is C24H42N6O4. The topological polar surface area (TPSA) is 124 Å². The third-order valence-corrected chi connectivity index (χ3v) is 7.85. The number of hydrogen-bond acceptors (Lipinski definition) is 7. The molecule has 3 saturated heterocycles. The molecule has 0 aromatic heterocycles. The summed E-state index contributed by atoms with van der Waals surface area (Å²) in [7, 11) is 0. The Hall–Kier alpha value is -1.75. The first-order valence-electron chi connectivity index (χ1n) is 13.2. The fourth-order valence-corrected chi connectivity index (χ4v) is 5.77. The summed E-state index contributed by atoms with van der Waals surface area (Å²) in [6.07, 6.45) is 8.15. The number of carbonyl (C=O) groups excluding carboxylic acids is 3. The molecule has 34 heavy (non-hydrogen) atoms. The van der Waals surface area contributed by atoms with Crippen LogP contribution in [0.3, 0.4) is 0 Å². The quantitative estimate of drug-likeness (QED) is 0.356. The second kappa shape index (κ2) is 11.3. The number of likely N-dealkylation sites (tertiary alicyclic amines) is 1. The minimum absolute atomic E-state index is 0.0306. The second-order valence-electron chi connectivity index (χ2n) is 10.6. The maximum absolute atomic E-state index is 13.3. The van der Waals surface area contributed by atoms with Gasteiger partial charge in [-0.15, -0.1) is 0 Å². The Balaban J connectivity index is 1.39. The molecular weight excluding hydrogens is 436 g/mol. The van der Waals surface area contributed by atoms with Gasteiger partial charge in [0.25, 0.3) is 0 Å². The van der Waals surface area contributed by atoms with E-state index in [1.807, 2.05) is 25.7 Å². The molecule has 192 valence electrons. The van der Waals surface area contributed by atoms with Crippen molar-refractivity contribution in [3.63, 3.8) is 0 Å². The minimum atomic E-state index is -0.932. The van der Waals surface area contributed by atoms with Gasteiger partial charge in [0.05, 0.1) is 24.7 Å². The summed E-state index contributed by atoms with van der Waals surface area (Å²) in [5, 5.41) is 13.1. The summed E-state index contributed by atoms with van der Waals surface area (Å²) in [5.41, 5.74) is 2.73. The van der Waals surface area contributed by atoms with Gasteiger partial charge in [0, 0.05) is 31.1 Å². The lowest BCUT2D eigenvalue weighted by molar-refractivity contribution is -0.139. The first-order valence-corrected chi connectivity index (χ1v) is 13.2. The number of amides is 3. The van der Waals surface area contributed by atoms with E-state index in [0.717, 1.165) is 32.1 Å². The standard InChI is InChI=1S/C24H42N6O4/c1-14-8-6-7-11-30(14)21(31)13-19(28-24(33)20-12-15(2)34-29-20)23(32)25-16(3)22-26-17-9-4-5-10-18(17)27-22/h14-20,22,26-27,29H,4-13H2,1-3H3,(H,25,32)(H,28,33)/t14-,15?,16-,17?,18?,19-,20?,22?/m0/s1. The third kappa shape index (κ3) is 6.08. The van der Waals surface area contributed by atoms with Crippen LogP contribution in [0.2, 0.25) is 0 Å². The Morgan fingerprint density at radius 1 is 1.00 bits per heavy atom. The van der Waals surface area contributed by atoms with Crippen LogP contribution in [0.25, 0.3) is 0 Å². The highest BCUT2D eigenvalue weighted by molar-refractivity contribution is 5.93. The Labute approximate surface area is 202 Å². The van der Waals surface area contributed by atoms with Gasteiger partial charge in [0.1, 0.15) is 12.1 Å². The van der Waals surface area contributed by atoms with Crippen LogP contribution in [0.5, 0.6) is 0 Å². The zero-order valence-corrected chi connectivity index (χ0v) is 20.8. The Morgan fingerprint density at radius 2 is 1.68 bits per heavy atom. The maximum Gasteiger partial charge on any atom is 0.243 e. The zero-order chi connectivity index (χ0) is 24.2. The molecule has 10 nitrogen and oxygen atoms in total. The lowest BCUT2D eigenvalue weighted by atomic mass is 9.92. The monoisotopic (exact) mass is 478 g/mol. The van der Waals surface area contributed by atoms with Crippen LogP contribution in [-0.2, 0) is 19.2 Å². The van der Waals surface area contributed by atoms with Crippen molar-refractivity contribution in [3.05, 3.63) is 0 Å². The van der Waals surface area contributed by atoms with E-state index in [1.165, 1.54) is 12.8 Å². The number of rotatable bonds is 7. The summed E-state index contributed by atoms with van der Waals surface area (Å²) >= 11 is 0. The summed E-state index contributed by atoms with van der Waals surface area (Å²) in [4.78, 5) is 46.5. The number of hydroxylamine groups is 1. The van der Waals surface area contributed by atoms with Gasteiger partial charge in [0.2, 0.25) is 17.7 Å². The number of piperidine rings is 1. The molecule has 5 N–H and O–H groups in total. The Kier molecular flexibility index (Phi) is 8.44. The molecule has 0 bridgehead atoms. The highest BCUT2D eigenvalue weighted by atomic mass is 16.7. The molecule has 3 amide bonds. The van der Waals surface area contributed by atoms with Crippen LogP contribution < -0.4 is 26.7 Å². The number of nitrogens with zero attached hydrogens (tertiary/aromatic N) is 1. The second-order valence-corrected chi connectivity index (χ2v) is 10.6. The van der Waals surface area contributed by atoms with Crippen molar-refractivity contribution >= 4 is 17.7 Å². The SMILES string of the molecule is CC1CC(C(=O)N[C@@H](CC(=O)N2CCCC[C@@H]2C)C(=O)N[C@@H](C)C2NC3CCCCC3N2)NO1. The van der Waals surface area contributed by atoms with Crippen molar-refractivity contribution in [2.45, 2.75) is 127 Å². The van der Waals surface area contributed by atoms with Crippen molar-refractivity contribution in [3.8, 4) is 0 Å². The molecule has 4 rings (SSSR count). The first-order chi connectivity index (χ1) is 16.3. The van der Waals surface area contributed by atoms with E-state index < -0.39 is 12.1 Å². The van der Waals surface area contributed by atoms with Crippen molar-refractivity contribution in [1.29, 1.82) is 0 Å². The number of nitrogens with one attached hydrogen (secondary N) is 5. The van der Waals surface area contributed by atoms with Gasteiger partial charge in [0.15, 0.2) is 0 Å². The van der Waals surface area contributed by atoms with Crippen LogP contribution >= 0.6 is 0 Å². The predicted molar refractivity (Wildman–Crippen MR) is 127 cm³/mol. The number of hydrogen-bond donors (Lipinski definition) is 5. The lowest BCUT2D eigenvalue weighted by Gasteiger charge is -2.34. The van der Waals surface area contributed by atoms with Gasteiger partial charge in [-0.2, -0.15) is 5.48 Å². The van der Waals surface area contributed by atoms with Gasteiger partial charge in [-0.1, -0.05) is 12.8 Å². The number of carbonyl (C=O) groups is 3. The van der Waals surface area contributed by atoms with Gasteiger partial charge < -0.3 is 15.5 Å². The smallest absolute Gasteiger partial charge is 0.243 e. The van der Waals surface area contributed by atoms with E-state index in [2.05, 4.69) is 26.7 Å². The van der Waals surface area contributed by atoms with Crippen LogP contribution in [0.4, 0.5) is 0 Å². The van der Waals surface area contributed by atoms with Crippen LogP contribution in [-0.4, -0.2) is 77.7 Å². The maximum atomic E-state index is 13.3. The molecule has 0 aromatic carbocycles. The first kappa shape index (κ1) is 25.3.